The van der Waals surface area contributed by atoms with Crippen molar-refractivity contribution in [2.75, 3.05) is 0 Å². The fourth-order valence-corrected chi connectivity index (χ4v) is 8.63. The average Bonchev–Trinajstić information content (AvgIpc) is 3.85. The molecule has 0 aliphatic heterocycles. The van der Waals surface area contributed by atoms with Crippen LogP contribution in [0.3, 0.4) is 0 Å². The van der Waals surface area contributed by atoms with Gasteiger partial charge in [-0.1, -0.05) is 140 Å². The van der Waals surface area contributed by atoms with Crippen LogP contribution in [-0.2, 0) is 0 Å². The van der Waals surface area contributed by atoms with Crippen molar-refractivity contribution >= 4 is 65.3 Å². The van der Waals surface area contributed by atoms with Crippen LogP contribution in [0.2, 0.25) is 0 Å². The summed E-state index contributed by atoms with van der Waals surface area (Å²) in [6, 6.07) is 63.5. The number of pyridine rings is 1. The van der Waals surface area contributed by atoms with Gasteiger partial charge in [0.05, 0.1) is 16.4 Å². The molecule has 0 aliphatic carbocycles. The molecule has 0 fully saturated rings. The summed E-state index contributed by atoms with van der Waals surface area (Å²) in [5.41, 5.74) is 9.48. The van der Waals surface area contributed by atoms with Gasteiger partial charge in [0, 0.05) is 39.2 Å². The smallest absolute Gasteiger partial charge is 0.183 e. The Morgan fingerprint density at radius 2 is 0.983 bits per heavy atom. The zero-order valence-corrected chi connectivity index (χ0v) is 31.0. The second-order valence-corrected chi connectivity index (χ2v) is 14.6. The maximum atomic E-state index is 6.28. The number of hydrogen-bond donors (Lipinski definition) is 0. The fraction of sp³-hybridized carbons (Fsp3) is 0. The summed E-state index contributed by atoms with van der Waals surface area (Å²) >= 11 is 0. The predicted octanol–water partition coefficient (Wildman–Crippen LogP) is 13.2. The summed E-state index contributed by atoms with van der Waals surface area (Å²) in [5.74, 6) is 1.61. The highest BCUT2D eigenvalue weighted by molar-refractivity contribution is 6.12. The Labute approximate surface area is 332 Å². The van der Waals surface area contributed by atoms with Crippen molar-refractivity contribution in [3.05, 3.63) is 188 Å². The Morgan fingerprint density at radius 1 is 0.397 bits per heavy atom. The van der Waals surface area contributed by atoms with E-state index in [0.717, 1.165) is 60.7 Å². The van der Waals surface area contributed by atoms with Crippen LogP contribution in [0.25, 0.3) is 116 Å². The molecule has 4 aromatic heterocycles. The second-order valence-electron chi connectivity index (χ2n) is 14.6. The molecule has 270 valence electrons. The molecular formula is C52H31N5O. The first-order chi connectivity index (χ1) is 28.7. The molecule has 12 rings (SSSR count). The topological polar surface area (TPSA) is 69.6 Å². The Morgan fingerprint density at radius 3 is 1.78 bits per heavy atom. The summed E-state index contributed by atoms with van der Waals surface area (Å²) in [5, 5.41) is 8.98. The fourth-order valence-electron chi connectivity index (χ4n) is 8.63. The molecule has 0 aliphatic rings. The van der Waals surface area contributed by atoms with Crippen LogP contribution < -0.4 is 0 Å². The van der Waals surface area contributed by atoms with Crippen molar-refractivity contribution in [1.82, 2.24) is 24.5 Å². The van der Waals surface area contributed by atoms with Gasteiger partial charge in [0.1, 0.15) is 16.9 Å². The van der Waals surface area contributed by atoms with Crippen LogP contribution in [0.4, 0.5) is 0 Å². The molecule has 0 saturated heterocycles. The number of nitrogens with zero attached hydrogens (tertiary/aromatic N) is 5. The number of para-hydroxylation sites is 3. The quantitative estimate of drug-likeness (QED) is 0.164. The van der Waals surface area contributed by atoms with Gasteiger partial charge in [0.25, 0.3) is 0 Å². The van der Waals surface area contributed by atoms with Crippen LogP contribution in [0.15, 0.2) is 193 Å². The highest BCUT2D eigenvalue weighted by Gasteiger charge is 2.21. The largest absolute Gasteiger partial charge is 0.456 e. The van der Waals surface area contributed by atoms with E-state index < -0.39 is 0 Å². The van der Waals surface area contributed by atoms with Crippen molar-refractivity contribution < 1.29 is 4.42 Å². The minimum atomic E-state index is 0.478. The number of fused-ring (bicyclic) bond motifs is 9. The molecule has 8 aromatic carbocycles. The Hall–Kier alpha value is -7.96. The van der Waals surface area contributed by atoms with Gasteiger partial charge >= 0.3 is 0 Å². The number of aromatic nitrogens is 5. The minimum Gasteiger partial charge on any atom is -0.456 e. The Bertz CT molecular complexity index is 3530. The van der Waals surface area contributed by atoms with E-state index in [4.69, 9.17) is 24.4 Å². The first-order valence-electron chi connectivity index (χ1n) is 19.4. The van der Waals surface area contributed by atoms with E-state index in [9.17, 15) is 0 Å². The summed E-state index contributed by atoms with van der Waals surface area (Å²) in [6.07, 6.45) is 1.76. The van der Waals surface area contributed by atoms with Gasteiger partial charge < -0.3 is 8.98 Å². The zero-order chi connectivity index (χ0) is 38.2. The highest BCUT2D eigenvalue weighted by Crippen LogP contribution is 2.38. The maximum absolute atomic E-state index is 6.28. The maximum Gasteiger partial charge on any atom is 0.183 e. The lowest BCUT2D eigenvalue weighted by molar-refractivity contribution is 0.668. The molecule has 0 N–H and O–H groups in total. The molecule has 58 heavy (non-hydrogen) atoms. The lowest BCUT2D eigenvalue weighted by atomic mass is 9.98. The van der Waals surface area contributed by atoms with Crippen molar-refractivity contribution in [3.63, 3.8) is 0 Å². The summed E-state index contributed by atoms with van der Waals surface area (Å²) in [7, 11) is 0. The number of benzene rings is 8. The first kappa shape index (κ1) is 32.3. The average molecular weight is 742 g/mol. The summed E-state index contributed by atoms with van der Waals surface area (Å²) in [6.45, 7) is 0. The molecule has 0 radical (unpaired) electrons. The summed E-state index contributed by atoms with van der Waals surface area (Å²) < 4.78 is 8.62. The second kappa shape index (κ2) is 12.8. The molecule has 0 spiro atoms. The molecule has 6 heteroatoms. The van der Waals surface area contributed by atoms with E-state index in [1.54, 1.807) is 6.20 Å². The molecule has 12 aromatic rings. The molecule has 0 amide bonds. The van der Waals surface area contributed by atoms with E-state index >= 15 is 0 Å². The lowest BCUT2D eigenvalue weighted by Gasteiger charge is -2.13. The Kier molecular flexibility index (Phi) is 7.13. The van der Waals surface area contributed by atoms with Gasteiger partial charge in [-0.15, -0.1) is 0 Å². The van der Waals surface area contributed by atoms with Crippen LogP contribution in [0, 0.1) is 0 Å². The third-order valence-electron chi connectivity index (χ3n) is 11.3. The van der Waals surface area contributed by atoms with Gasteiger partial charge in [-0.25, -0.2) is 15.0 Å². The number of rotatable bonds is 5. The normalized spacial score (nSPS) is 11.8. The predicted molar refractivity (Wildman–Crippen MR) is 236 cm³/mol. The van der Waals surface area contributed by atoms with Gasteiger partial charge in [-0.3, -0.25) is 4.98 Å². The molecule has 0 atom stereocenters. The van der Waals surface area contributed by atoms with Gasteiger partial charge in [-0.2, -0.15) is 0 Å². The SMILES string of the molecule is c1ccc(-c2nc(-c3ccc4ccc5ccccc5c4c3)nc(-c3nccc4oc5ccccc5c34)n2)c(-c2ccc(-n3c4ccccc4c4ccccc43)cc2)c1. The van der Waals surface area contributed by atoms with Crippen molar-refractivity contribution in [2.45, 2.75) is 0 Å². The molecule has 0 unspecified atom stereocenters. The van der Waals surface area contributed by atoms with E-state index in [0.29, 0.717) is 23.2 Å². The van der Waals surface area contributed by atoms with E-state index in [2.05, 4.69) is 156 Å². The van der Waals surface area contributed by atoms with Gasteiger partial charge in [-0.05, 0) is 75.1 Å². The number of furan rings is 1. The van der Waals surface area contributed by atoms with Crippen molar-refractivity contribution in [2.24, 2.45) is 0 Å². The summed E-state index contributed by atoms with van der Waals surface area (Å²) in [4.78, 5) is 20.6. The lowest BCUT2D eigenvalue weighted by Crippen LogP contribution is -2.02. The van der Waals surface area contributed by atoms with Crippen LogP contribution >= 0.6 is 0 Å². The minimum absolute atomic E-state index is 0.478. The molecule has 0 saturated carbocycles. The van der Waals surface area contributed by atoms with E-state index in [1.165, 1.54) is 32.6 Å². The standard InChI is InChI=1S/C52H31N5O/c1-2-13-38-32(11-1)21-22-34-23-24-35(31-43(34)38)50-54-51(56-52(55-50)49-48-42-17-7-10-20-46(42)58-47(48)29-30-53-49)41-16-4-3-12-37(41)33-25-27-36(28-26-33)57-44-18-8-5-14-39(44)40-15-6-9-19-45(40)57/h1-31H. The third-order valence-corrected chi connectivity index (χ3v) is 11.3. The molecule has 6 nitrogen and oxygen atoms in total. The monoisotopic (exact) mass is 741 g/mol. The highest BCUT2D eigenvalue weighted by atomic mass is 16.3. The third kappa shape index (κ3) is 5.05. The van der Waals surface area contributed by atoms with Gasteiger partial charge in [0.15, 0.2) is 17.5 Å². The van der Waals surface area contributed by atoms with Gasteiger partial charge in [0.2, 0.25) is 0 Å². The van der Waals surface area contributed by atoms with Crippen LogP contribution in [0.5, 0.6) is 0 Å². The van der Waals surface area contributed by atoms with Crippen molar-refractivity contribution in [3.8, 4) is 51.1 Å². The molecular weight excluding hydrogens is 711 g/mol. The number of hydrogen-bond acceptors (Lipinski definition) is 5. The molecule has 0 bridgehead atoms. The van der Waals surface area contributed by atoms with Crippen LogP contribution in [-0.4, -0.2) is 24.5 Å². The first-order valence-corrected chi connectivity index (χ1v) is 19.4. The Balaban J connectivity index is 1.05. The van der Waals surface area contributed by atoms with Crippen LogP contribution in [0.1, 0.15) is 0 Å². The van der Waals surface area contributed by atoms with E-state index in [-0.39, 0.29) is 0 Å². The molecule has 4 heterocycles. The van der Waals surface area contributed by atoms with E-state index in [1.807, 2.05) is 30.3 Å². The van der Waals surface area contributed by atoms with Crippen molar-refractivity contribution in [1.29, 1.82) is 0 Å². The zero-order valence-electron chi connectivity index (χ0n) is 31.0.